The van der Waals surface area contributed by atoms with Gasteiger partial charge in [-0.1, -0.05) is 24.3 Å². The number of para-hydroxylation sites is 2. The monoisotopic (exact) mass is 472 g/mol. The van der Waals surface area contributed by atoms with Crippen molar-refractivity contribution in [2.24, 2.45) is 0 Å². The number of aryl methyl sites for hydroxylation is 2. The topological polar surface area (TPSA) is 88.0 Å². The Labute approximate surface area is 202 Å². The second-order valence-electron chi connectivity index (χ2n) is 8.55. The number of fused-ring (bicyclic) bond motifs is 4. The van der Waals surface area contributed by atoms with Crippen molar-refractivity contribution in [1.29, 1.82) is 0 Å². The number of nitrogens with zero attached hydrogens (tertiary/aromatic N) is 4. The van der Waals surface area contributed by atoms with Crippen LogP contribution in [0, 0.1) is 13.8 Å². The first-order chi connectivity index (χ1) is 16.5. The molecule has 0 aliphatic rings. The van der Waals surface area contributed by atoms with Crippen molar-refractivity contribution >= 4 is 45.3 Å². The number of aromatic nitrogens is 5. The van der Waals surface area contributed by atoms with Crippen LogP contribution >= 0.6 is 11.8 Å². The lowest BCUT2D eigenvalue weighted by Crippen LogP contribution is -2.30. The number of nitrogens with one attached hydrogen (secondary N) is 2. The summed E-state index contributed by atoms with van der Waals surface area (Å²) in [4.78, 5) is 25.9. The summed E-state index contributed by atoms with van der Waals surface area (Å²) in [5, 5.41) is 8.98. The average molecular weight is 473 g/mol. The molecule has 1 amide bonds. The van der Waals surface area contributed by atoms with Gasteiger partial charge in [-0.3, -0.25) is 4.79 Å². The third-order valence-corrected chi connectivity index (χ3v) is 6.95. The largest absolute Gasteiger partial charge is 0.346 e. The van der Waals surface area contributed by atoms with E-state index in [4.69, 9.17) is 15.1 Å². The molecule has 0 bridgehead atoms. The zero-order valence-electron chi connectivity index (χ0n) is 19.6. The first kappa shape index (κ1) is 22.4. The van der Waals surface area contributed by atoms with Crippen LogP contribution in [0.5, 0.6) is 0 Å². The van der Waals surface area contributed by atoms with Crippen LogP contribution in [0.15, 0.2) is 48.5 Å². The van der Waals surface area contributed by atoms with E-state index in [1.54, 1.807) is 11.8 Å². The quantitative estimate of drug-likeness (QED) is 0.335. The Morgan fingerprint density at radius 1 is 1.09 bits per heavy atom. The molecule has 7 nitrogen and oxygen atoms in total. The standard InChI is InChI=1S/C26H28N6OS/c1-16-18(17(2)32-26(27-16)19-8-4-5-9-20(19)31-32)12-13-24(33)28-23(14-15-34-3)25-29-21-10-6-7-11-22(21)30-25/h4-11,23H,12-15H2,1-3H3,(H,28,33)(H,29,30)/t23-/m0/s1. The second-order valence-corrected chi connectivity index (χ2v) is 9.54. The van der Waals surface area contributed by atoms with Gasteiger partial charge in [0.2, 0.25) is 5.91 Å². The highest BCUT2D eigenvalue weighted by Gasteiger charge is 2.20. The molecular formula is C26H28N6OS. The number of imidazole rings is 1. The van der Waals surface area contributed by atoms with Gasteiger partial charge in [0.25, 0.3) is 0 Å². The molecule has 5 rings (SSSR count). The van der Waals surface area contributed by atoms with Gasteiger partial charge in [-0.05, 0) is 68.5 Å². The number of thioether (sulfide) groups is 1. The van der Waals surface area contributed by atoms with Crippen LogP contribution in [0.2, 0.25) is 0 Å². The van der Waals surface area contributed by atoms with E-state index in [0.717, 1.165) is 62.5 Å². The Balaban J connectivity index is 1.34. The molecule has 0 aliphatic heterocycles. The molecule has 1 atom stereocenters. The van der Waals surface area contributed by atoms with Crippen molar-refractivity contribution in [3.8, 4) is 0 Å². The highest BCUT2D eigenvalue weighted by molar-refractivity contribution is 7.98. The number of hydrogen-bond donors (Lipinski definition) is 2. The Hall–Kier alpha value is -3.39. The van der Waals surface area contributed by atoms with E-state index in [0.29, 0.717) is 12.8 Å². The second kappa shape index (κ2) is 9.46. The summed E-state index contributed by atoms with van der Waals surface area (Å²) in [7, 11) is 0. The van der Waals surface area contributed by atoms with Crippen LogP contribution < -0.4 is 5.32 Å². The van der Waals surface area contributed by atoms with Crippen molar-refractivity contribution in [1.82, 2.24) is 29.9 Å². The normalized spacial score (nSPS) is 12.6. The third kappa shape index (κ3) is 4.25. The van der Waals surface area contributed by atoms with E-state index in [2.05, 4.69) is 23.5 Å². The maximum atomic E-state index is 13.0. The van der Waals surface area contributed by atoms with Crippen molar-refractivity contribution in [2.75, 3.05) is 12.0 Å². The lowest BCUT2D eigenvalue weighted by atomic mass is 10.1. The number of carbonyl (C=O) groups excluding carboxylic acids is 1. The first-order valence-corrected chi connectivity index (χ1v) is 12.9. The molecule has 174 valence electrons. The maximum Gasteiger partial charge on any atom is 0.220 e. The van der Waals surface area contributed by atoms with E-state index in [1.165, 1.54) is 0 Å². The van der Waals surface area contributed by atoms with E-state index >= 15 is 0 Å². The van der Waals surface area contributed by atoms with Gasteiger partial charge in [0.15, 0.2) is 5.65 Å². The molecule has 34 heavy (non-hydrogen) atoms. The Morgan fingerprint density at radius 2 is 1.85 bits per heavy atom. The lowest BCUT2D eigenvalue weighted by molar-refractivity contribution is -0.121. The molecule has 3 heterocycles. The SMILES string of the molecule is CSCC[C@H](NC(=O)CCc1c(C)nc2c3ccccc3nn2c1C)c1nc2ccccc2[nH]1. The van der Waals surface area contributed by atoms with Crippen LogP contribution in [0.3, 0.4) is 0 Å². The molecule has 0 aliphatic carbocycles. The minimum atomic E-state index is -0.147. The summed E-state index contributed by atoms with van der Waals surface area (Å²) < 4.78 is 1.90. The maximum absolute atomic E-state index is 13.0. The summed E-state index contributed by atoms with van der Waals surface area (Å²) >= 11 is 1.76. The first-order valence-electron chi connectivity index (χ1n) is 11.5. The van der Waals surface area contributed by atoms with Crippen LogP contribution in [-0.2, 0) is 11.2 Å². The van der Waals surface area contributed by atoms with Crippen LogP contribution in [-0.4, -0.2) is 42.5 Å². The number of aromatic amines is 1. The van der Waals surface area contributed by atoms with Crippen LogP contribution in [0.1, 0.15) is 41.7 Å². The minimum absolute atomic E-state index is 0.0103. The van der Waals surface area contributed by atoms with Crippen LogP contribution in [0.25, 0.3) is 27.6 Å². The van der Waals surface area contributed by atoms with E-state index in [9.17, 15) is 4.79 Å². The zero-order chi connectivity index (χ0) is 23.7. The molecule has 0 unspecified atom stereocenters. The molecule has 2 aromatic carbocycles. The molecular weight excluding hydrogens is 444 g/mol. The van der Waals surface area contributed by atoms with Crippen LogP contribution in [0.4, 0.5) is 0 Å². The molecule has 5 aromatic rings. The van der Waals surface area contributed by atoms with E-state index in [-0.39, 0.29) is 11.9 Å². The lowest BCUT2D eigenvalue weighted by Gasteiger charge is -2.17. The smallest absolute Gasteiger partial charge is 0.220 e. The fourth-order valence-electron chi connectivity index (χ4n) is 4.49. The molecule has 0 saturated heterocycles. The predicted molar refractivity (Wildman–Crippen MR) is 138 cm³/mol. The van der Waals surface area contributed by atoms with Gasteiger partial charge < -0.3 is 10.3 Å². The molecule has 0 spiro atoms. The summed E-state index contributed by atoms with van der Waals surface area (Å²) in [6.07, 6.45) is 3.88. The van der Waals surface area contributed by atoms with Gasteiger partial charge in [-0.2, -0.15) is 16.9 Å². The summed E-state index contributed by atoms with van der Waals surface area (Å²) in [5.41, 5.74) is 6.73. The average Bonchev–Trinajstić information content (AvgIpc) is 3.43. The fourth-order valence-corrected chi connectivity index (χ4v) is 4.97. The highest BCUT2D eigenvalue weighted by atomic mass is 32.2. The Morgan fingerprint density at radius 3 is 2.65 bits per heavy atom. The van der Waals surface area contributed by atoms with E-state index in [1.807, 2.05) is 60.0 Å². The molecule has 0 saturated carbocycles. The summed E-state index contributed by atoms with van der Waals surface area (Å²) in [6.45, 7) is 4.06. The number of rotatable bonds is 8. The van der Waals surface area contributed by atoms with Gasteiger partial charge in [0.05, 0.1) is 22.6 Å². The van der Waals surface area contributed by atoms with Crippen molar-refractivity contribution < 1.29 is 4.79 Å². The minimum Gasteiger partial charge on any atom is -0.346 e. The van der Waals surface area contributed by atoms with Gasteiger partial charge in [-0.15, -0.1) is 0 Å². The molecule has 0 radical (unpaired) electrons. The number of hydrogen-bond acceptors (Lipinski definition) is 5. The van der Waals surface area contributed by atoms with Crippen molar-refractivity contribution in [2.45, 2.75) is 39.2 Å². The molecule has 0 fully saturated rings. The number of benzene rings is 2. The summed E-state index contributed by atoms with van der Waals surface area (Å²) in [5.74, 6) is 1.76. The number of H-pyrrole nitrogens is 1. The Kier molecular flexibility index (Phi) is 6.24. The third-order valence-electron chi connectivity index (χ3n) is 6.30. The Bertz CT molecular complexity index is 1450. The van der Waals surface area contributed by atoms with Crippen molar-refractivity contribution in [3.05, 3.63) is 71.3 Å². The van der Waals surface area contributed by atoms with Crippen molar-refractivity contribution in [3.63, 3.8) is 0 Å². The van der Waals surface area contributed by atoms with Gasteiger partial charge in [0, 0.05) is 23.2 Å². The van der Waals surface area contributed by atoms with Gasteiger partial charge in [-0.25, -0.2) is 14.5 Å². The molecule has 8 heteroatoms. The highest BCUT2D eigenvalue weighted by Crippen LogP contribution is 2.24. The summed E-state index contributed by atoms with van der Waals surface area (Å²) in [6, 6.07) is 15.8. The number of amides is 1. The zero-order valence-corrected chi connectivity index (χ0v) is 20.4. The molecule has 2 N–H and O–H groups in total. The van der Waals surface area contributed by atoms with Gasteiger partial charge in [0.1, 0.15) is 5.82 Å². The predicted octanol–water partition coefficient (Wildman–Crippen LogP) is 4.92. The fraction of sp³-hybridized carbons (Fsp3) is 0.308. The molecule has 3 aromatic heterocycles. The van der Waals surface area contributed by atoms with E-state index < -0.39 is 0 Å². The van der Waals surface area contributed by atoms with Gasteiger partial charge >= 0.3 is 0 Å². The number of carbonyl (C=O) groups is 1.